The molecule has 3 nitrogen and oxygen atoms in total. The van der Waals surface area contributed by atoms with E-state index in [9.17, 15) is 9.18 Å². The molecule has 0 spiro atoms. The highest BCUT2D eigenvalue weighted by molar-refractivity contribution is 5.94. The molecule has 21 heavy (non-hydrogen) atoms. The van der Waals surface area contributed by atoms with Crippen molar-refractivity contribution < 1.29 is 9.18 Å². The van der Waals surface area contributed by atoms with E-state index < -0.39 is 5.82 Å². The molecular weight excluding hydrogens is 267 g/mol. The van der Waals surface area contributed by atoms with E-state index in [1.807, 2.05) is 25.1 Å². The van der Waals surface area contributed by atoms with Gasteiger partial charge in [0, 0.05) is 18.8 Å². The lowest BCUT2D eigenvalue weighted by atomic mass is 10.1. The Bertz CT molecular complexity index is 655. The SMILES string of the molecule is CCN(Cc1cccc(N)c1)C(=O)c1ccc(C)cc1F. The van der Waals surface area contributed by atoms with Crippen LogP contribution in [0.15, 0.2) is 42.5 Å². The lowest BCUT2D eigenvalue weighted by Crippen LogP contribution is -2.31. The monoisotopic (exact) mass is 286 g/mol. The molecule has 0 unspecified atom stereocenters. The highest BCUT2D eigenvalue weighted by atomic mass is 19.1. The van der Waals surface area contributed by atoms with E-state index in [1.54, 1.807) is 24.0 Å². The van der Waals surface area contributed by atoms with E-state index in [0.717, 1.165) is 11.1 Å². The molecule has 2 aromatic carbocycles. The average Bonchev–Trinajstić information content (AvgIpc) is 2.44. The number of benzene rings is 2. The Labute approximate surface area is 124 Å². The molecule has 0 bridgehead atoms. The van der Waals surface area contributed by atoms with Crippen molar-refractivity contribution in [2.75, 3.05) is 12.3 Å². The summed E-state index contributed by atoms with van der Waals surface area (Å²) >= 11 is 0. The zero-order chi connectivity index (χ0) is 15.4. The summed E-state index contributed by atoms with van der Waals surface area (Å²) in [6.45, 7) is 4.58. The van der Waals surface area contributed by atoms with E-state index in [1.165, 1.54) is 12.1 Å². The minimum Gasteiger partial charge on any atom is -0.399 e. The Hall–Kier alpha value is -2.36. The lowest BCUT2D eigenvalue weighted by molar-refractivity contribution is 0.0748. The first kappa shape index (κ1) is 15.0. The first-order valence-corrected chi connectivity index (χ1v) is 6.91. The maximum atomic E-state index is 13.9. The molecule has 0 saturated carbocycles. The Balaban J connectivity index is 2.22. The van der Waals surface area contributed by atoms with Crippen molar-refractivity contribution in [2.45, 2.75) is 20.4 Å². The van der Waals surface area contributed by atoms with E-state index in [-0.39, 0.29) is 11.5 Å². The summed E-state index contributed by atoms with van der Waals surface area (Å²) in [6, 6.07) is 12.0. The molecule has 0 aliphatic carbocycles. The van der Waals surface area contributed by atoms with Gasteiger partial charge in [-0.05, 0) is 49.2 Å². The zero-order valence-electron chi connectivity index (χ0n) is 12.3. The van der Waals surface area contributed by atoms with Gasteiger partial charge in [0.1, 0.15) is 5.82 Å². The summed E-state index contributed by atoms with van der Waals surface area (Å²) in [7, 11) is 0. The van der Waals surface area contributed by atoms with Crippen LogP contribution >= 0.6 is 0 Å². The number of rotatable bonds is 4. The Morgan fingerprint density at radius 2 is 2.00 bits per heavy atom. The van der Waals surface area contributed by atoms with Crippen LogP contribution < -0.4 is 5.73 Å². The van der Waals surface area contributed by atoms with Crippen molar-refractivity contribution in [3.05, 3.63) is 65.0 Å². The normalized spacial score (nSPS) is 10.4. The van der Waals surface area contributed by atoms with Crippen LogP contribution in [-0.2, 0) is 6.54 Å². The fourth-order valence-corrected chi connectivity index (χ4v) is 2.20. The van der Waals surface area contributed by atoms with Crippen molar-refractivity contribution in [3.8, 4) is 0 Å². The first-order chi connectivity index (χ1) is 10.0. The summed E-state index contributed by atoms with van der Waals surface area (Å²) in [6.07, 6.45) is 0. The Morgan fingerprint density at radius 1 is 1.24 bits per heavy atom. The number of hydrogen-bond acceptors (Lipinski definition) is 2. The molecule has 0 atom stereocenters. The third kappa shape index (κ3) is 3.60. The second kappa shape index (κ2) is 6.39. The number of nitrogens with two attached hydrogens (primary N) is 1. The molecule has 2 aromatic rings. The minimum absolute atomic E-state index is 0.103. The predicted molar refractivity (Wildman–Crippen MR) is 82.4 cm³/mol. The number of aryl methyl sites for hydroxylation is 1. The van der Waals surface area contributed by atoms with E-state index >= 15 is 0 Å². The molecule has 0 fully saturated rings. The fraction of sp³-hybridized carbons (Fsp3) is 0.235. The van der Waals surface area contributed by atoms with Gasteiger partial charge >= 0.3 is 0 Å². The molecule has 0 heterocycles. The fourth-order valence-electron chi connectivity index (χ4n) is 2.20. The molecule has 0 aromatic heterocycles. The van der Waals surface area contributed by atoms with Crippen LogP contribution in [0.1, 0.15) is 28.4 Å². The van der Waals surface area contributed by atoms with Crippen LogP contribution in [0.25, 0.3) is 0 Å². The van der Waals surface area contributed by atoms with Crippen LogP contribution in [0.4, 0.5) is 10.1 Å². The van der Waals surface area contributed by atoms with Gasteiger partial charge in [-0.2, -0.15) is 0 Å². The summed E-state index contributed by atoms with van der Waals surface area (Å²) in [4.78, 5) is 14.1. The number of amides is 1. The summed E-state index contributed by atoms with van der Waals surface area (Å²) in [5.41, 5.74) is 8.22. The minimum atomic E-state index is -0.481. The van der Waals surface area contributed by atoms with Gasteiger partial charge in [-0.25, -0.2) is 4.39 Å². The van der Waals surface area contributed by atoms with E-state index in [4.69, 9.17) is 5.73 Å². The molecule has 4 heteroatoms. The third-order valence-corrected chi connectivity index (χ3v) is 3.35. The molecule has 110 valence electrons. The van der Waals surface area contributed by atoms with Crippen molar-refractivity contribution >= 4 is 11.6 Å². The van der Waals surface area contributed by atoms with Crippen molar-refractivity contribution in [3.63, 3.8) is 0 Å². The molecule has 0 aliphatic rings. The van der Waals surface area contributed by atoms with Gasteiger partial charge < -0.3 is 10.6 Å². The zero-order valence-corrected chi connectivity index (χ0v) is 12.3. The quantitative estimate of drug-likeness (QED) is 0.876. The van der Waals surface area contributed by atoms with Gasteiger partial charge in [0.15, 0.2) is 0 Å². The molecule has 2 N–H and O–H groups in total. The molecule has 1 amide bonds. The lowest BCUT2D eigenvalue weighted by Gasteiger charge is -2.21. The summed E-state index contributed by atoms with van der Waals surface area (Å²) < 4.78 is 13.9. The van der Waals surface area contributed by atoms with Gasteiger partial charge in [0.05, 0.1) is 5.56 Å². The highest BCUT2D eigenvalue weighted by Crippen LogP contribution is 2.15. The van der Waals surface area contributed by atoms with Crippen LogP contribution in [0, 0.1) is 12.7 Å². The molecule has 0 saturated heterocycles. The van der Waals surface area contributed by atoms with Gasteiger partial charge in [-0.1, -0.05) is 18.2 Å². The van der Waals surface area contributed by atoms with Crippen LogP contribution in [0.2, 0.25) is 0 Å². The smallest absolute Gasteiger partial charge is 0.257 e. The van der Waals surface area contributed by atoms with Gasteiger partial charge in [0.2, 0.25) is 0 Å². The van der Waals surface area contributed by atoms with Crippen molar-refractivity contribution in [2.24, 2.45) is 0 Å². The third-order valence-electron chi connectivity index (χ3n) is 3.35. The first-order valence-electron chi connectivity index (χ1n) is 6.91. The standard InChI is InChI=1S/C17H19FN2O/c1-3-20(11-13-5-4-6-14(19)10-13)17(21)15-8-7-12(2)9-16(15)18/h4-10H,3,11,19H2,1-2H3. The van der Waals surface area contributed by atoms with Crippen molar-refractivity contribution in [1.29, 1.82) is 0 Å². The molecule has 2 rings (SSSR count). The number of nitrogen functional groups attached to an aromatic ring is 1. The predicted octanol–water partition coefficient (Wildman–Crippen LogP) is 3.38. The summed E-state index contributed by atoms with van der Waals surface area (Å²) in [5, 5.41) is 0. The number of nitrogens with zero attached hydrogens (tertiary/aromatic N) is 1. The van der Waals surface area contributed by atoms with Gasteiger partial charge in [-0.3, -0.25) is 4.79 Å². The number of carbonyl (C=O) groups excluding carboxylic acids is 1. The number of carbonyl (C=O) groups is 1. The Kier molecular flexibility index (Phi) is 4.58. The highest BCUT2D eigenvalue weighted by Gasteiger charge is 2.18. The summed E-state index contributed by atoms with van der Waals surface area (Å²) in [5.74, 6) is -0.788. The second-order valence-corrected chi connectivity index (χ2v) is 5.05. The van der Waals surface area contributed by atoms with Crippen LogP contribution in [0.3, 0.4) is 0 Å². The molecule has 0 aliphatic heterocycles. The van der Waals surface area contributed by atoms with Crippen LogP contribution in [0.5, 0.6) is 0 Å². The van der Waals surface area contributed by atoms with E-state index in [0.29, 0.717) is 18.8 Å². The van der Waals surface area contributed by atoms with Crippen LogP contribution in [-0.4, -0.2) is 17.4 Å². The second-order valence-electron chi connectivity index (χ2n) is 5.05. The molecular formula is C17H19FN2O. The molecule has 0 radical (unpaired) electrons. The van der Waals surface area contributed by atoms with Gasteiger partial charge in [0.25, 0.3) is 5.91 Å². The number of halogens is 1. The average molecular weight is 286 g/mol. The Morgan fingerprint density at radius 3 is 2.62 bits per heavy atom. The largest absolute Gasteiger partial charge is 0.399 e. The topological polar surface area (TPSA) is 46.3 Å². The number of anilines is 1. The number of hydrogen-bond donors (Lipinski definition) is 1. The maximum Gasteiger partial charge on any atom is 0.257 e. The van der Waals surface area contributed by atoms with Crippen molar-refractivity contribution in [1.82, 2.24) is 4.90 Å². The van der Waals surface area contributed by atoms with Gasteiger partial charge in [-0.15, -0.1) is 0 Å². The maximum absolute atomic E-state index is 13.9. The van der Waals surface area contributed by atoms with E-state index in [2.05, 4.69) is 0 Å².